The minimum atomic E-state index is -0.457. The summed E-state index contributed by atoms with van der Waals surface area (Å²) in [5, 5.41) is 4.67. The molecule has 0 aliphatic carbocycles. The van der Waals surface area contributed by atoms with Gasteiger partial charge >= 0.3 is 5.97 Å². The molecule has 0 aliphatic rings. The number of carbonyl (C=O) groups excluding carboxylic acids is 2. The highest BCUT2D eigenvalue weighted by Gasteiger charge is 2.12. The van der Waals surface area contributed by atoms with Gasteiger partial charge in [0.15, 0.2) is 0 Å². The highest BCUT2D eigenvalue weighted by Crippen LogP contribution is 2.20. The van der Waals surface area contributed by atoms with Gasteiger partial charge in [-0.1, -0.05) is 57.9 Å². The lowest BCUT2D eigenvalue weighted by atomic mass is 10.2. The van der Waals surface area contributed by atoms with Crippen LogP contribution in [-0.4, -0.2) is 18.1 Å². The van der Waals surface area contributed by atoms with Crippen molar-refractivity contribution >= 4 is 45.6 Å². The number of nitrogens with zero attached hydrogens (tertiary/aromatic N) is 1. The van der Waals surface area contributed by atoms with Gasteiger partial charge in [0, 0.05) is 9.50 Å². The summed E-state index contributed by atoms with van der Waals surface area (Å²) in [4.78, 5) is 24.9. The van der Waals surface area contributed by atoms with Crippen molar-refractivity contribution in [1.29, 1.82) is 0 Å². The second-order valence-corrected chi connectivity index (χ2v) is 8.93. The van der Waals surface area contributed by atoms with Gasteiger partial charge in [-0.25, -0.2) is 10.2 Å². The quantitative estimate of drug-likeness (QED) is 0.112. The van der Waals surface area contributed by atoms with Gasteiger partial charge in [-0.05, 0) is 77.9 Å². The van der Waals surface area contributed by atoms with Crippen LogP contribution in [0.2, 0.25) is 5.02 Å². The van der Waals surface area contributed by atoms with Crippen molar-refractivity contribution in [2.45, 2.75) is 6.61 Å². The SMILES string of the molecule is O=C(Oc1ccc(/C=N/NC(=O)c2ccccc2OCc2ccc(Cl)cc2)cc1)c1cccc(Br)c1. The molecule has 1 N–H and O–H groups in total. The zero-order valence-electron chi connectivity index (χ0n) is 18.9. The van der Waals surface area contributed by atoms with Crippen LogP contribution in [0.15, 0.2) is 107 Å². The highest BCUT2D eigenvalue weighted by molar-refractivity contribution is 9.10. The number of rotatable bonds is 8. The van der Waals surface area contributed by atoms with Crippen LogP contribution >= 0.6 is 27.5 Å². The zero-order chi connectivity index (χ0) is 25.3. The topological polar surface area (TPSA) is 77.0 Å². The zero-order valence-corrected chi connectivity index (χ0v) is 21.2. The van der Waals surface area contributed by atoms with E-state index in [0.717, 1.165) is 10.0 Å². The maximum atomic E-state index is 12.7. The minimum Gasteiger partial charge on any atom is -0.488 e. The standard InChI is InChI=1S/C28H20BrClN2O4/c29-22-5-3-4-21(16-22)28(34)36-24-14-10-19(11-15-24)17-31-32-27(33)25-6-1-2-7-26(25)35-18-20-8-12-23(30)13-9-20/h1-17H,18H2,(H,32,33)/b31-17+. The summed E-state index contributed by atoms with van der Waals surface area (Å²) >= 11 is 9.25. The molecule has 1 amide bonds. The van der Waals surface area contributed by atoms with Crippen molar-refractivity contribution in [3.8, 4) is 11.5 Å². The lowest BCUT2D eigenvalue weighted by Gasteiger charge is -2.10. The molecule has 0 spiro atoms. The number of benzene rings is 4. The third-order valence-electron chi connectivity index (χ3n) is 4.97. The van der Waals surface area contributed by atoms with Gasteiger partial charge in [0.2, 0.25) is 0 Å². The molecular formula is C28H20BrClN2O4. The number of hydrogen-bond acceptors (Lipinski definition) is 5. The third-order valence-corrected chi connectivity index (χ3v) is 5.72. The smallest absolute Gasteiger partial charge is 0.343 e. The monoisotopic (exact) mass is 562 g/mol. The van der Waals surface area contributed by atoms with E-state index in [1.807, 2.05) is 18.2 Å². The summed E-state index contributed by atoms with van der Waals surface area (Å²) in [6.07, 6.45) is 1.50. The largest absolute Gasteiger partial charge is 0.488 e. The molecule has 0 saturated heterocycles. The van der Waals surface area contributed by atoms with Crippen molar-refractivity contribution in [2.24, 2.45) is 5.10 Å². The Morgan fingerprint density at radius 3 is 2.42 bits per heavy atom. The average Bonchev–Trinajstić information content (AvgIpc) is 2.89. The summed E-state index contributed by atoms with van der Waals surface area (Å²) in [6.45, 7) is 0.295. The highest BCUT2D eigenvalue weighted by atomic mass is 79.9. The van der Waals surface area contributed by atoms with E-state index >= 15 is 0 Å². The number of hydrazone groups is 1. The first kappa shape index (κ1) is 25.2. The Labute approximate surface area is 221 Å². The van der Waals surface area contributed by atoms with Crippen LogP contribution in [-0.2, 0) is 6.61 Å². The molecule has 4 aromatic rings. The molecule has 4 aromatic carbocycles. The molecule has 6 nitrogen and oxygen atoms in total. The number of amides is 1. The molecule has 0 aliphatic heterocycles. The number of ether oxygens (including phenoxy) is 2. The molecule has 0 atom stereocenters. The molecule has 4 rings (SSSR count). The van der Waals surface area contributed by atoms with Crippen molar-refractivity contribution in [2.75, 3.05) is 0 Å². The van der Waals surface area contributed by atoms with Gasteiger partial charge in [-0.15, -0.1) is 0 Å². The molecular weight excluding hydrogens is 544 g/mol. The lowest BCUT2D eigenvalue weighted by Crippen LogP contribution is -2.18. The summed E-state index contributed by atoms with van der Waals surface area (Å²) in [7, 11) is 0. The molecule has 0 radical (unpaired) electrons. The Hall–Kier alpha value is -3.94. The average molecular weight is 564 g/mol. The second kappa shape index (κ2) is 12.2. The minimum absolute atomic E-state index is 0.295. The first-order valence-electron chi connectivity index (χ1n) is 10.9. The Kier molecular flexibility index (Phi) is 8.49. The van der Waals surface area contributed by atoms with Crippen LogP contribution in [0, 0.1) is 0 Å². The first-order valence-corrected chi connectivity index (χ1v) is 12.0. The van der Waals surface area contributed by atoms with Crippen molar-refractivity contribution < 1.29 is 19.1 Å². The Morgan fingerprint density at radius 1 is 0.917 bits per heavy atom. The van der Waals surface area contributed by atoms with E-state index in [-0.39, 0.29) is 0 Å². The molecule has 180 valence electrons. The van der Waals surface area contributed by atoms with Gasteiger partial charge < -0.3 is 9.47 Å². The first-order chi connectivity index (χ1) is 17.5. The summed E-state index contributed by atoms with van der Waals surface area (Å²) in [5.74, 6) is -0.0239. The van der Waals surface area contributed by atoms with Gasteiger partial charge in [0.05, 0.1) is 17.3 Å². The summed E-state index contributed by atoms with van der Waals surface area (Å²) in [5.41, 5.74) is 4.95. The molecule has 0 bridgehead atoms. The molecule has 0 unspecified atom stereocenters. The van der Waals surface area contributed by atoms with Crippen LogP contribution in [0.25, 0.3) is 0 Å². The van der Waals surface area contributed by atoms with Gasteiger partial charge in [0.25, 0.3) is 5.91 Å². The van der Waals surface area contributed by atoms with Gasteiger partial charge in [0.1, 0.15) is 18.1 Å². The van der Waals surface area contributed by atoms with E-state index in [1.54, 1.807) is 78.9 Å². The number of nitrogens with one attached hydrogen (secondary N) is 1. The molecule has 36 heavy (non-hydrogen) atoms. The van der Waals surface area contributed by atoms with Crippen molar-refractivity contribution in [1.82, 2.24) is 5.43 Å². The van der Waals surface area contributed by atoms with Crippen LogP contribution < -0.4 is 14.9 Å². The van der Waals surface area contributed by atoms with Crippen LogP contribution in [0.5, 0.6) is 11.5 Å². The maximum absolute atomic E-state index is 12.7. The Bertz CT molecular complexity index is 1390. The molecule has 0 aromatic heterocycles. The molecule has 8 heteroatoms. The van der Waals surface area contributed by atoms with E-state index < -0.39 is 11.9 Å². The number of esters is 1. The summed E-state index contributed by atoms with van der Waals surface area (Å²) < 4.78 is 12.0. The van der Waals surface area contributed by atoms with E-state index in [4.69, 9.17) is 21.1 Å². The third kappa shape index (κ3) is 7.04. The van der Waals surface area contributed by atoms with Crippen molar-refractivity contribution in [3.05, 3.63) is 129 Å². The maximum Gasteiger partial charge on any atom is 0.343 e. The van der Waals surface area contributed by atoms with Crippen molar-refractivity contribution in [3.63, 3.8) is 0 Å². The number of carbonyl (C=O) groups is 2. The Morgan fingerprint density at radius 2 is 1.67 bits per heavy atom. The van der Waals surface area contributed by atoms with Crippen LogP contribution in [0.3, 0.4) is 0 Å². The predicted octanol–water partition coefficient (Wildman–Crippen LogP) is 6.66. The summed E-state index contributed by atoms with van der Waals surface area (Å²) in [6, 6.07) is 27.9. The van der Waals surface area contributed by atoms with E-state index in [0.29, 0.717) is 39.8 Å². The molecule has 0 fully saturated rings. The number of hydrogen-bond donors (Lipinski definition) is 1. The van der Waals surface area contributed by atoms with E-state index in [2.05, 4.69) is 26.5 Å². The normalized spacial score (nSPS) is 10.7. The second-order valence-electron chi connectivity index (χ2n) is 7.58. The molecule has 0 saturated carbocycles. The van der Waals surface area contributed by atoms with Crippen LogP contribution in [0.1, 0.15) is 31.8 Å². The molecule has 0 heterocycles. The fourth-order valence-electron chi connectivity index (χ4n) is 3.15. The number of para-hydroxylation sites is 1. The number of halogens is 2. The fourth-order valence-corrected chi connectivity index (χ4v) is 3.68. The van der Waals surface area contributed by atoms with Gasteiger partial charge in [-0.2, -0.15) is 5.10 Å². The fraction of sp³-hybridized carbons (Fsp3) is 0.0357. The van der Waals surface area contributed by atoms with Crippen LogP contribution in [0.4, 0.5) is 0 Å². The van der Waals surface area contributed by atoms with Gasteiger partial charge in [-0.3, -0.25) is 4.79 Å². The Balaban J connectivity index is 1.33. The lowest BCUT2D eigenvalue weighted by molar-refractivity contribution is 0.0734. The predicted molar refractivity (Wildman–Crippen MR) is 143 cm³/mol. The van der Waals surface area contributed by atoms with E-state index in [9.17, 15) is 9.59 Å². The van der Waals surface area contributed by atoms with E-state index in [1.165, 1.54) is 6.21 Å².